The number of carbonyl (C=O) groups excluding carboxylic acids is 4. The average Bonchev–Trinajstić information content (AvgIpc) is 3.39. The number of rotatable bonds is 5. The Hall–Kier alpha value is -5.05. The van der Waals surface area contributed by atoms with E-state index in [0.29, 0.717) is 33.8 Å². The molecule has 0 aliphatic carbocycles. The Morgan fingerprint density at radius 2 is 1.64 bits per heavy atom. The number of methoxy groups -OCH3 is 1. The number of nitrogens with zero attached hydrogens (tertiary/aromatic N) is 1. The van der Waals surface area contributed by atoms with E-state index < -0.39 is 23.8 Å². The molecule has 0 bridgehead atoms. The number of ether oxygens (including phenoxy) is 1. The largest absolute Gasteiger partial charge is 0.465 e. The zero-order valence-electron chi connectivity index (χ0n) is 19.1. The third-order valence-electron chi connectivity index (χ3n) is 5.82. The van der Waals surface area contributed by atoms with E-state index in [1.54, 1.807) is 48.5 Å². The second kappa shape index (κ2) is 9.30. The third kappa shape index (κ3) is 4.37. The molecule has 9 heteroatoms. The quantitative estimate of drug-likeness (QED) is 0.223. The van der Waals surface area contributed by atoms with Crippen LogP contribution in [-0.2, 0) is 14.3 Å². The molecule has 2 heterocycles. The topological polar surface area (TPSA) is 126 Å². The van der Waals surface area contributed by atoms with Crippen LogP contribution in [0.2, 0.25) is 0 Å². The molecule has 36 heavy (non-hydrogen) atoms. The molecule has 3 N–H and O–H groups in total. The Balaban J connectivity index is 1.52. The van der Waals surface area contributed by atoms with Gasteiger partial charge in [-0.25, -0.2) is 9.59 Å². The maximum absolute atomic E-state index is 13.1. The minimum absolute atomic E-state index is 0.159. The number of fused-ring (bicyclic) bond motifs is 1. The predicted molar refractivity (Wildman–Crippen MR) is 133 cm³/mol. The molecule has 0 saturated carbocycles. The van der Waals surface area contributed by atoms with E-state index in [-0.39, 0.29) is 11.6 Å². The molecule has 2 aliphatic rings. The van der Waals surface area contributed by atoms with E-state index in [2.05, 4.69) is 16.0 Å². The Morgan fingerprint density at radius 1 is 0.889 bits per heavy atom. The monoisotopic (exact) mass is 480 g/mol. The fraction of sp³-hybridized carbons (Fsp3) is 0.0741. The van der Waals surface area contributed by atoms with Crippen LogP contribution in [-0.4, -0.2) is 36.6 Å². The Labute approximate surface area is 205 Å². The van der Waals surface area contributed by atoms with Gasteiger partial charge in [0.25, 0.3) is 5.91 Å². The van der Waals surface area contributed by atoms with Crippen molar-refractivity contribution >= 4 is 47.0 Å². The van der Waals surface area contributed by atoms with Crippen molar-refractivity contribution in [3.63, 3.8) is 0 Å². The lowest BCUT2D eigenvalue weighted by Crippen LogP contribution is -2.22. The summed E-state index contributed by atoms with van der Waals surface area (Å²) in [5.74, 6) is -1.92. The lowest BCUT2D eigenvalue weighted by molar-refractivity contribution is -0.116. The molecule has 4 amide bonds. The van der Waals surface area contributed by atoms with E-state index in [1.165, 1.54) is 7.11 Å². The highest BCUT2D eigenvalue weighted by Gasteiger charge is 2.36. The van der Waals surface area contributed by atoms with E-state index in [4.69, 9.17) is 9.73 Å². The van der Waals surface area contributed by atoms with Gasteiger partial charge < -0.3 is 15.4 Å². The lowest BCUT2D eigenvalue weighted by Gasteiger charge is -2.14. The first-order valence-electron chi connectivity index (χ1n) is 11.0. The van der Waals surface area contributed by atoms with Gasteiger partial charge in [-0.1, -0.05) is 48.5 Å². The smallest absolute Gasteiger partial charge is 0.337 e. The zero-order chi connectivity index (χ0) is 25.2. The maximum atomic E-state index is 13.1. The highest BCUT2D eigenvalue weighted by molar-refractivity contribution is 6.24. The first-order valence-corrected chi connectivity index (χ1v) is 11.0. The van der Waals surface area contributed by atoms with Crippen LogP contribution in [0.5, 0.6) is 0 Å². The third-order valence-corrected chi connectivity index (χ3v) is 5.82. The standard InChI is InChI=1S/C27H20N4O5/c1-36-26(34)17-9-12-19-20(14-17)29-25(33)22(19)23(16-5-3-2-4-6-16)28-18-10-7-15(8-11-18)13-21-24(32)31-27(35)30-21/h2-14,22H,1H3,(H,29,33)(H2,30,31,32,35). The van der Waals surface area contributed by atoms with Crippen molar-refractivity contribution in [3.05, 3.63) is 101 Å². The van der Waals surface area contributed by atoms with Crippen LogP contribution in [0.15, 0.2) is 83.5 Å². The average molecular weight is 480 g/mol. The first kappa shape index (κ1) is 22.7. The summed E-state index contributed by atoms with van der Waals surface area (Å²) in [5, 5.41) is 7.46. The van der Waals surface area contributed by atoms with Crippen molar-refractivity contribution in [3.8, 4) is 0 Å². The Kier molecular flexibility index (Phi) is 5.87. The molecule has 0 spiro atoms. The number of hydrogen-bond donors (Lipinski definition) is 3. The Morgan fingerprint density at radius 3 is 2.31 bits per heavy atom. The molecule has 0 aromatic heterocycles. The van der Waals surface area contributed by atoms with Crippen molar-refractivity contribution in [2.45, 2.75) is 5.92 Å². The van der Waals surface area contributed by atoms with E-state index in [9.17, 15) is 19.2 Å². The summed E-state index contributed by atoms with van der Waals surface area (Å²) >= 11 is 0. The number of carbonyl (C=O) groups is 4. The van der Waals surface area contributed by atoms with Gasteiger partial charge in [0.2, 0.25) is 5.91 Å². The molecule has 1 fully saturated rings. The summed E-state index contributed by atoms with van der Waals surface area (Å²) in [6, 6.07) is 20.8. The number of nitrogens with one attached hydrogen (secondary N) is 3. The van der Waals surface area contributed by atoms with Gasteiger partial charge in [0.15, 0.2) is 0 Å². The van der Waals surface area contributed by atoms with Crippen LogP contribution in [0, 0.1) is 0 Å². The SMILES string of the molecule is COC(=O)c1ccc2c(c1)NC(=O)C2C(=Nc1ccc(C=C2NC(=O)NC2=O)cc1)c1ccccc1. The zero-order valence-corrected chi connectivity index (χ0v) is 19.1. The van der Waals surface area contributed by atoms with Gasteiger partial charge >= 0.3 is 12.0 Å². The molecular weight excluding hydrogens is 460 g/mol. The van der Waals surface area contributed by atoms with Crippen LogP contribution in [0.1, 0.15) is 33.0 Å². The maximum Gasteiger partial charge on any atom is 0.337 e. The van der Waals surface area contributed by atoms with Gasteiger partial charge in [-0.05, 0) is 47.0 Å². The Bertz CT molecular complexity index is 1460. The molecule has 1 unspecified atom stereocenters. The highest BCUT2D eigenvalue weighted by atomic mass is 16.5. The van der Waals surface area contributed by atoms with Crippen molar-refractivity contribution in [1.82, 2.24) is 10.6 Å². The van der Waals surface area contributed by atoms with Crippen LogP contribution in [0.4, 0.5) is 16.2 Å². The number of anilines is 1. The van der Waals surface area contributed by atoms with Crippen LogP contribution < -0.4 is 16.0 Å². The number of hydrogen-bond acceptors (Lipinski definition) is 6. The number of amides is 4. The fourth-order valence-corrected chi connectivity index (χ4v) is 4.12. The van der Waals surface area contributed by atoms with Crippen molar-refractivity contribution in [2.24, 2.45) is 4.99 Å². The fourth-order valence-electron chi connectivity index (χ4n) is 4.12. The summed E-state index contributed by atoms with van der Waals surface area (Å²) in [4.78, 5) is 52.9. The number of aliphatic imine (C=N–C) groups is 1. The van der Waals surface area contributed by atoms with E-state index >= 15 is 0 Å². The summed E-state index contributed by atoms with van der Waals surface area (Å²) < 4.78 is 4.79. The summed E-state index contributed by atoms with van der Waals surface area (Å²) in [6.07, 6.45) is 1.56. The van der Waals surface area contributed by atoms with E-state index in [0.717, 1.165) is 5.56 Å². The molecular formula is C27H20N4O5. The normalized spacial score (nSPS) is 17.9. The van der Waals surface area contributed by atoms with Crippen molar-refractivity contribution in [1.29, 1.82) is 0 Å². The van der Waals surface area contributed by atoms with Gasteiger partial charge in [0.1, 0.15) is 11.6 Å². The van der Waals surface area contributed by atoms with Crippen LogP contribution >= 0.6 is 0 Å². The molecule has 1 saturated heterocycles. The molecule has 3 aromatic carbocycles. The molecule has 9 nitrogen and oxygen atoms in total. The van der Waals surface area contributed by atoms with Gasteiger partial charge in [-0.3, -0.25) is 19.9 Å². The van der Waals surface area contributed by atoms with Gasteiger partial charge in [-0.15, -0.1) is 0 Å². The minimum Gasteiger partial charge on any atom is -0.465 e. The van der Waals surface area contributed by atoms with Gasteiger partial charge in [0, 0.05) is 5.69 Å². The molecule has 0 radical (unpaired) electrons. The lowest BCUT2D eigenvalue weighted by atomic mass is 9.90. The number of benzene rings is 3. The second-order valence-corrected chi connectivity index (χ2v) is 8.14. The summed E-state index contributed by atoms with van der Waals surface area (Å²) in [6.45, 7) is 0. The van der Waals surface area contributed by atoms with Gasteiger partial charge in [-0.2, -0.15) is 0 Å². The predicted octanol–water partition coefficient (Wildman–Crippen LogP) is 3.51. The van der Waals surface area contributed by atoms with E-state index in [1.807, 2.05) is 30.3 Å². The van der Waals surface area contributed by atoms with Gasteiger partial charge in [0.05, 0.1) is 24.1 Å². The molecule has 1 atom stereocenters. The first-order chi connectivity index (χ1) is 17.4. The highest BCUT2D eigenvalue weighted by Crippen LogP contribution is 2.37. The summed E-state index contributed by atoms with van der Waals surface area (Å²) in [7, 11) is 1.30. The number of urea groups is 1. The number of esters is 1. The second-order valence-electron chi connectivity index (χ2n) is 8.14. The molecule has 178 valence electrons. The molecule has 5 rings (SSSR count). The molecule has 2 aliphatic heterocycles. The van der Waals surface area contributed by atoms with Crippen LogP contribution in [0.25, 0.3) is 6.08 Å². The summed E-state index contributed by atoms with van der Waals surface area (Å²) in [5.41, 5.74) is 4.37. The molecule has 3 aromatic rings. The number of imide groups is 1. The van der Waals surface area contributed by atoms with Crippen LogP contribution in [0.3, 0.4) is 0 Å². The van der Waals surface area contributed by atoms with Crippen molar-refractivity contribution < 1.29 is 23.9 Å². The minimum atomic E-state index is -0.687. The van der Waals surface area contributed by atoms with Crippen molar-refractivity contribution in [2.75, 3.05) is 12.4 Å².